The third kappa shape index (κ3) is 3.24. The van der Waals surface area contributed by atoms with E-state index in [1.54, 1.807) is 0 Å². The van der Waals surface area contributed by atoms with Crippen LogP contribution in [-0.2, 0) is 17.6 Å². The van der Waals surface area contributed by atoms with Crippen LogP contribution in [0.2, 0.25) is 0 Å². The molecule has 0 N–H and O–H groups in total. The quantitative estimate of drug-likeness (QED) is 0.506. The Morgan fingerprint density at radius 2 is 1.85 bits per heavy atom. The van der Waals surface area contributed by atoms with Crippen molar-refractivity contribution < 1.29 is 4.79 Å². The van der Waals surface area contributed by atoms with E-state index in [1.165, 1.54) is 5.56 Å². The number of aldehydes is 1. The normalized spacial score (nSPS) is 9.62. The monoisotopic (exact) mass is 174 g/mol. The van der Waals surface area contributed by atoms with E-state index in [9.17, 15) is 4.79 Å². The number of rotatable bonds is 4. The highest BCUT2D eigenvalue weighted by molar-refractivity contribution is 5.54. The van der Waals surface area contributed by atoms with Crippen molar-refractivity contribution in [2.75, 3.05) is 0 Å². The minimum Gasteiger partial charge on any atom is -0.303 e. The zero-order chi connectivity index (χ0) is 9.68. The molecule has 0 radical (unpaired) electrons. The summed E-state index contributed by atoms with van der Waals surface area (Å²) in [5.41, 5.74) is 3.48. The molecular weight excluding hydrogens is 160 g/mol. The average molecular weight is 174 g/mol. The summed E-state index contributed by atoms with van der Waals surface area (Å²) in [7, 11) is 0. The summed E-state index contributed by atoms with van der Waals surface area (Å²) < 4.78 is 0. The first-order valence-corrected chi connectivity index (χ1v) is 4.38. The van der Waals surface area contributed by atoms with Crippen LogP contribution >= 0.6 is 0 Å². The fourth-order valence-electron chi connectivity index (χ4n) is 1.24. The van der Waals surface area contributed by atoms with Crippen LogP contribution in [0.1, 0.15) is 18.1 Å². The number of benzene rings is 1. The van der Waals surface area contributed by atoms with Gasteiger partial charge in [0.25, 0.3) is 0 Å². The van der Waals surface area contributed by atoms with Gasteiger partial charge in [0, 0.05) is 6.42 Å². The highest BCUT2D eigenvalue weighted by Gasteiger charge is 1.94. The van der Waals surface area contributed by atoms with Crippen molar-refractivity contribution in [2.24, 2.45) is 0 Å². The van der Waals surface area contributed by atoms with Crippen molar-refractivity contribution >= 4 is 6.29 Å². The van der Waals surface area contributed by atoms with E-state index in [2.05, 4.69) is 6.58 Å². The maximum Gasteiger partial charge on any atom is 0.124 e. The lowest BCUT2D eigenvalue weighted by molar-refractivity contribution is -0.107. The molecule has 1 nitrogen and oxygen atoms in total. The topological polar surface area (TPSA) is 17.1 Å². The molecule has 0 aliphatic carbocycles. The van der Waals surface area contributed by atoms with Gasteiger partial charge in [0.1, 0.15) is 6.29 Å². The van der Waals surface area contributed by atoms with Gasteiger partial charge in [-0.15, -0.1) is 0 Å². The van der Waals surface area contributed by atoms with E-state index >= 15 is 0 Å². The van der Waals surface area contributed by atoms with Gasteiger partial charge in [-0.05, 0) is 24.5 Å². The van der Waals surface area contributed by atoms with Crippen LogP contribution in [0.5, 0.6) is 0 Å². The predicted octanol–water partition coefficient (Wildman–Crippen LogP) is 2.55. The molecule has 0 atom stereocenters. The average Bonchev–Trinajstić information content (AvgIpc) is 2.08. The number of hydrogen-bond donors (Lipinski definition) is 0. The Hall–Kier alpha value is -1.37. The third-order valence-electron chi connectivity index (χ3n) is 1.85. The van der Waals surface area contributed by atoms with Crippen molar-refractivity contribution in [3.05, 3.63) is 47.5 Å². The van der Waals surface area contributed by atoms with Crippen molar-refractivity contribution in [1.29, 1.82) is 0 Å². The van der Waals surface area contributed by atoms with E-state index in [0.717, 1.165) is 23.8 Å². The van der Waals surface area contributed by atoms with E-state index < -0.39 is 0 Å². The molecule has 13 heavy (non-hydrogen) atoms. The van der Waals surface area contributed by atoms with Crippen molar-refractivity contribution in [3.8, 4) is 0 Å². The molecular formula is C12H14O. The SMILES string of the molecule is C=C(C)Cc1ccc(CC=O)cc1. The molecule has 1 aromatic carbocycles. The number of hydrogen-bond acceptors (Lipinski definition) is 1. The molecule has 0 aromatic heterocycles. The second-order valence-corrected chi connectivity index (χ2v) is 3.32. The van der Waals surface area contributed by atoms with Crippen LogP contribution in [-0.4, -0.2) is 6.29 Å². The van der Waals surface area contributed by atoms with Gasteiger partial charge < -0.3 is 4.79 Å². The Morgan fingerprint density at radius 1 is 1.31 bits per heavy atom. The Bertz CT molecular complexity index is 295. The van der Waals surface area contributed by atoms with Crippen LogP contribution in [0.25, 0.3) is 0 Å². The Morgan fingerprint density at radius 3 is 2.31 bits per heavy atom. The summed E-state index contributed by atoms with van der Waals surface area (Å²) in [5, 5.41) is 0. The molecule has 0 unspecified atom stereocenters. The van der Waals surface area contributed by atoms with Crippen LogP contribution < -0.4 is 0 Å². The van der Waals surface area contributed by atoms with Gasteiger partial charge in [0.15, 0.2) is 0 Å². The number of carbonyl (C=O) groups is 1. The van der Waals surface area contributed by atoms with Gasteiger partial charge in [-0.3, -0.25) is 0 Å². The summed E-state index contributed by atoms with van der Waals surface area (Å²) in [6.45, 7) is 5.87. The molecule has 1 aromatic rings. The lowest BCUT2D eigenvalue weighted by atomic mass is 10.0. The van der Waals surface area contributed by atoms with Crippen LogP contribution in [0.15, 0.2) is 36.4 Å². The Kier molecular flexibility index (Phi) is 3.44. The third-order valence-corrected chi connectivity index (χ3v) is 1.85. The second kappa shape index (κ2) is 4.61. The largest absolute Gasteiger partial charge is 0.303 e. The van der Waals surface area contributed by atoms with Crippen molar-refractivity contribution in [3.63, 3.8) is 0 Å². The highest BCUT2D eigenvalue weighted by atomic mass is 16.1. The van der Waals surface area contributed by atoms with Crippen LogP contribution in [0.4, 0.5) is 0 Å². The van der Waals surface area contributed by atoms with Crippen LogP contribution in [0.3, 0.4) is 0 Å². The molecule has 0 aliphatic rings. The predicted molar refractivity (Wildman–Crippen MR) is 54.7 cm³/mol. The van der Waals surface area contributed by atoms with Gasteiger partial charge in [-0.2, -0.15) is 0 Å². The standard InChI is InChI=1S/C12H14O/c1-10(2)9-12-5-3-11(4-6-12)7-8-13/h3-6,8H,1,7,9H2,2H3. The van der Waals surface area contributed by atoms with E-state index in [1.807, 2.05) is 31.2 Å². The number of allylic oxidation sites excluding steroid dienone is 1. The van der Waals surface area contributed by atoms with Crippen LogP contribution in [0, 0.1) is 0 Å². The van der Waals surface area contributed by atoms with E-state index in [0.29, 0.717) is 6.42 Å². The minimum atomic E-state index is 0.507. The molecule has 0 saturated carbocycles. The Balaban J connectivity index is 2.69. The minimum absolute atomic E-state index is 0.507. The molecule has 0 fully saturated rings. The zero-order valence-electron chi connectivity index (χ0n) is 7.92. The lowest BCUT2D eigenvalue weighted by Gasteiger charge is -2.01. The van der Waals surface area contributed by atoms with Crippen molar-refractivity contribution in [1.82, 2.24) is 0 Å². The molecule has 0 saturated heterocycles. The summed E-state index contributed by atoms with van der Waals surface area (Å²) in [6, 6.07) is 8.08. The van der Waals surface area contributed by atoms with Gasteiger partial charge in [0.05, 0.1) is 0 Å². The van der Waals surface area contributed by atoms with Gasteiger partial charge in [0.2, 0.25) is 0 Å². The first-order valence-electron chi connectivity index (χ1n) is 4.38. The first kappa shape index (κ1) is 9.72. The lowest BCUT2D eigenvalue weighted by Crippen LogP contribution is -1.88. The number of carbonyl (C=O) groups excluding carboxylic acids is 1. The molecule has 0 spiro atoms. The first-order chi connectivity index (χ1) is 6.22. The fraction of sp³-hybridized carbons (Fsp3) is 0.250. The summed E-state index contributed by atoms with van der Waals surface area (Å²) in [5.74, 6) is 0. The van der Waals surface area contributed by atoms with Gasteiger partial charge in [-0.1, -0.05) is 36.4 Å². The maximum absolute atomic E-state index is 10.2. The van der Waals surface area contributed by atoms with E-state index in [-0.39, 0.29) is 0 Å². The molecule has 68 valence electrons. The summed E-state index contributed by atoms with van der Waals surface area (Å²) in [6.07, 6.45) is 2.35. The van der Waals surface area contributed by atoms with Gasteiger partial charge >= 0.3 is 0 Å². The van der Waals surface area contributed by atoms with Crippen molar-refractivity contribution in [2.45, 2.75) is 19.8 Å². The molecule has 0 aliphatic heterocycles. The second-order valence-electron chi connectivity index (χ2n) is 3.32. The Labute approximate surface area is 79.1 Å². The summed E-state index contributed by atoms with van der Waals surface area (Å²) >= 11 is 0. The molecule has 0 amide bonds. The molecule has 1 heteroatoms. The fourth-order valence-corrected chi connectivity index (χ4v) is 1.24. The smallest absolute Gasteiger partial charge is 0.124 e. The molecule has 0 bridgehead atoms. The highest BCUT2D eigenvalue weighted by Crippen LogP contribution is 2.08. The maximum atomic E-state index is 10.2. The van der Waals surface area contributed by atoms with Gasteiger partial charge in [-0.25, -0.2) is 0 Å². The summed E-state index contributed by atoms with van der Waals surface area (Å²) in [4.78, 5) is 10.2. The zero-order valence-corrected chi connectivity index (χ0v) is 7.92. The molecule has 0 heterocycles. The molecule has 1 rings (SSSR count). The van der Waals surface area contributed by atoms with E-state index in [4.69, 9.17) is 0 Å².